The first-order valence-corrected chi connectivity index (χ1v) is 7.88. The van der Waals surface area contributed by atoms with Crippen molar-refractivity contribution in [2.75, 3.05) is 26.9 Å². The highest BCUT2D eigenvalue weighted by atomic mass is 32.2. The fourth-order valence-corrected chi connectivity index (χ4v) is 3.29. The fourth-order valence-electron chi connectivity index (χ4n) is 2.11. The smallest absolute Gasteiger partial charge is 0.236 e. The van der Waals surface area contributed by atoms with Gasteiger partial charge in [-0.1, -0.05) is 6.42 Å². The largest absolute Gasteiger partial charge is 0.348 e. The van der Waals surface area contributed by atoms with Gasteiger partial charge in [0, 0.05) is 26.4 Å². The molecule has 0 aromatic carbocycles. The fraction of sp³-hybridized carbons (Fsp3) is 0.909. The zero-order chi connectivity index (χ0) is 13.1. The lowest BCUT2D eigenvalue weighted by atomic mass is 9.95. The van der Waals surface area contributed by atoms with Crippen molar-refractivity contribution in [2.24, 2.45) is 0 Å². The highest BCUT2D eigenvalue weighted by Crippen LogP contribution is 2.23. The molecule has 6 heteroatoms. The summed E-state index contributed by atoms with van der Waals surface area (Å²) >= 11 is 0. The molecule has 1 rings (SSSR count). The molecule has 0 radical (unpaired) electrons. The van der Waals surface area contributed by atoms with Crippen LogP contribution in [-0.2, 0) is 14.6 Å². The van der Waals surface area contributed by atoms with Crippen LogP contribution in [0.25, 0.3) is 0 Å². The molecule has 0 spiro atoms. The second-order valence-electron chi connectivity index (χ2n) is 4.98. The molecule has 0 aromatic heterocycles. The molecular formula is C11H22N2O3S. The zero-order valence-electron chi connectivity index (χ0n) is 10.8. The van der Waals surface area contributed by atoms with Crippen LogP contribution < -0.4 is 5.32 Å². The van der Waals surface area contributed by atoms with Crippen LogP contribution >= 0.6 is 0 Å². The molecule has 2 unspecified atom stereocenters. The Bertz CT molecular complexity index is 365. The lowest BCUT2D eigenvalue weighted by Crippen LogP contribution is -2.43. The number of nitrogens with zero attached hydrogens (tertiary/aromatic N) is 1. The van der Waals surface area contributed by atoms with Crippen molar-refractivity contribution in [2.45, 2.75) is 37.0 Å². The minimum absolute atomic E-state index is 0.0199. The van der Waals surface area contributed by atoms with Crippen molar-refractivity contribution in [3.8, 4) is 0 Å². The summed E-state index contributed by atoms with van der Waals surface area (Å²) in [6, 6.07) is 0.146. The quantitative estimate of drug-likeness (QED) is 0.775. The van der Waals surface area contributed by atoms with Crippen LogP contribution in [0.15, 0.2) is 0 Å². The van der Waals surface area contributed by atoms with Gasteiger partial charge in [0.2, 0.25) is 5.91 Å². The Hall–Kier alpha value is -0.620. The molecule has 2 atom stereocenters. The van der Waals surface area contributed by atoms with Gasteiger partial charge < -0.3 is 10.2 Å². The Kier molecular flexibility index (Phi) is 4.94. The molecule has 1 N–H and O–H groups in total. The highest BCUT2D eigenvalue weighted by Gasteiger charge is 2.28. The summed E-state index contributed by atoms with van der Waals surface area (Å²) in [4.78, 5) is 12.9. The number of carbonyl (C=O) groups is 1. The van der Waals surface area contributed by atoms with Crippen LogP contribution in [-0.4, -0.2) is 57.4 Å². The number of nitrogens with one attached hydrogen (secondary N) is 1. The first-order valence-electron chi connectivity index (χ1n) is 5.93. The zero-order valence-corrected chi connectivity index (χ0v) is 11.6. The second kappa shape index (κ2) is 5.82. The van der Waals surface area contributed by atoms with E-state index in [-0.39, 0.29) is 23.7 Å². The number of amides is 1. The molecule has 1 saturated carbocycles. The summed E-state index contributed by atoms with van der Waals surface area (Å²) in [5.74, 6) is 0.0199. The maximum atomic E-state index is 11.5. The summed E-state index contributed by atoms with van der Waals surface area (Å²) in [6.07, 6.45) is 4.53. The van der Waals surface area contributed by atoms with Crippen molar-refractivity contribution in [1.82, 2.24) is 10.2 Å². The number of likely N-dealkylation sites (N-methyl/N-ethyl adjacent to an activating group) is 1. The maximum absolute atomic E-state index is 11.5. The van der Waals surface area contributed by atoms with Gasteiger partial charge in [-0.25, -0.2) is 8.42 Å². The van der Waals surface area contributed by atoms with Crippen molar-refractivity contribution >= 4 is 15.7 Å². The van der Waals surface area contributed by atoms with Gasteiger partial charge in [-0.15, -0.1) is 0 Å². The molecule has 0 saturated heterocycles. The van der Waals surface area contributed by atoms with Gasteiger partial charge in [-0.3, -0.25) is 4.79 Å². The van der Waals surface area contributed by atoms with Gasteiger partial charge in [0.25, 0.3) is 0 Å². The number of sulfone groups is 1. The summed E-state index contributed by atoms with van der Waals surface area (Å²) in [5, 5.41) is 2.90. The summed E-state index contributed by atoms with van der Waals surface area (Å²) < 4.78 is 23.0. The third-order valence-corrected chi connectivity index (χ3v) is 4.91. The van der Waals surface area contributed by atoms with Crippen molar-refractivity contribution in [3.05, 3.63) is 0 Å². The third kappa shape index (κ3) is 4.63. The molecule has 5 nitrogen and oxygen atoms in total. The van der Waals surface area contributed by atoms with Crippen LogP contribution in [0.3, 0.4) is 0 Å². The average molecular weight is 262 g/mol. The van der Waals surface area contributed by atoms with Gasteiger partial charge >= 0.3 is 0 Å². The molecule has 0 bridgehead atoms. The lowest BCUT2D eigenvalue weighted by Gasteiger charge is -2.28. The Morgan fingerprint density at radius 3 is 2.53 bits per heavy atom. The topological polar surface area (TPSA) is 66.5 Å². The average Bonchev–Trinajstić information content (AvgIpc) is 2.25. The molecular weight excluding hydrogens is 240 g/mol. The number of hydrogen-bond donors (Lipinski definition) is 1. The minimum Gasteiger partial charge on any atom is -0.348 e. The van der Waals surface area contributed by atoms with Gasteiger partial charge in [-0.2, -0.15) is 0 Å². The summed E-state index contributed by atoms with van der Waals surface area (Å²) in [5.41, 5.74) is 0. The van der Waals surface area contributed by atoms with Gasteiger partial charge in [0.05, 0.1) is 11.8 Å². The molecule has 0 aromatic rings. The predicted molar refractivity (Wildman–Crippen MR) is 67.6 cm³/mol. The third-order valence-electron chi connectivity index (χ3n) is 3.27. The van der Waals surface area contributed by atoms with E-state index in [1.165, 1.54) is 11.2 Å². The highest BCUT2D eigenvalue weighted by molar-refractivity contribution is 7.91. The van der Waals surface area contributed by atoms with E-state index in [2.05, 4.69) is 5.32 Å². The van der Waals surface area contributed by atoms with Crippen LogP contribution in [0.5, 0.6) is 0 Å². The first-order chi connectivity index (χ1) is 7.80. The van der Waals surface area contributed by atoms with Gasteiger partial charge in [0.15, 0.2) is 0 Å². The maximum Gasteiger partial charge on any atom is 0.236 e. The summed E-state index contributed by atoms with van der Waals surface area (Å²) in [6.45, 7) is 0.286. The van der Waals surface area contributed by atoms with E-state index in [9.17, 15) is 13.2 Å². The van der Waals surface area contributed by atoms with Gasteiger partial charge in [0.1, 0.15) is 9.84 Å². The Morgan fingerprint density at radius 2 is 2.00 bits per heavy atom. The van der Waals surface area contributed by atoms with Crippen LogP contribution in [0.1, 0.15) is 25.7 Å². The van der Waals surface area contributed by atoms with E-state index in [1.807, 2.05) is 0 Å². The number of hydrogen-bond acceptors (Lipinski definition) is 4. The molecule has 0 aliphatic heterocycles. The Morgan fingerprint density at radius 1 is 1.35 bits per heavy atom. The second-order valence-corrected chi connectivity index (χ2v) is 7.31. The monoisotopic (exact) mass is 262 g/mol. The van der Waals surface area contributed by atoms with Crippen molar-refractivity contribution in [3.63, 3.8) is 0 Å². The molecule has 1 aliphatic carbocycles. The molecule has 100 valence electrons. The predicted octanol–water partition coefficient (Wildman–Crippen LogP) is 0.0200. The van der Waals surface area contributed by atoms with E-state index < -0.39 is 9.84 Å². The van der Waals surface area contributed by atoms with Gasteiger partial charge in [-0.05, 0) is 19.3 Å². The SMILES string of the molecule is CN(C)C(=O)CNC1CCCC(S(C)(=O)=O)C1. The van der Waals surface area contributed by atoms with Crippen LogP contribution in [0.2, 0.25) is 0 Å². The van der Waals surface area contributed by atoms with E-state index in [1.54, 1.807) is 14.1 Å². The van der Waals surface area contributed by atoms with Crippen LogP contribution in [0.4, 0.5) is 0 Å². The first kappa shape index (κ1) is 14.4. The van der Waals surface area contributed by atoms with E-state index >= 15 is 0 Å². The van der Waals surface area contributed by atoms with Crippen molar-refractivity contribution in [1.29, 1.82) is 0 Å². The number of carbonyl (C=O) groups excluding carboxylic acids is 1. The van der Waals surface area contributed by atoms with E-state index in [4.69, 9.17) is 0 Å². The van der Waals surface area contributed by atoms with Crippen LogP contribution in [0, 0.1) is 0 Å². The molecule has 1 fully saturated rings. The van der Waals surface area contributed by atoms with Crippen molar-refractivity contribution < 1.29 is 13.2 Å². The molecule has 1 aliphatic rings. The van der Waals surface area contributed by atoms with E-state index in [0.29, 0.717) is 6.42 Å². The molecule has 1 amide bonds. The minimum atomic E-state index is -2.95. The lowest BCUT2D eigenvalue weighted by molar-refractivity contribution is -0.127. The molecule has 17 heavy (non-hydrogen) atoms. The Labute approximate surface area is 103 Å². The normalized spacial score (nSPS) is 25.6. The van der Waals surface area contributed by atoms with E-state index in [0.717, 1.165) is 19.3 Å². The Balaban J connectivity index is 2.43. The summed E-state index contributed by atoms with van der Waals surface area (Å²) in [7, 11) is 0.476. The number of rotatable bonds is 4. The molecule has 0 heterocycles. The standard InChI is InChI=1S/C11H22N2O3S/c1-13(2)11(14)8-12-9-5-4-6-10(7-9)17(3,15)16/h9-10,12H,4-8H2,1-3H3.